The molecular formula is C28H25N7O2. The number of anilines is 1. The van der Waals surface area contributed by atoms with Gasteiger partial charge in [-0.1, -0.05) is 42.2 Å². The van der Waals surface area contributed by atoms with Gasteiger partial charge in [0.1, 0.15) is 5.56 Å². The second-order valence-electron chi connectivity index (χ2n) is 8.72. The van der Waals surface area contributed by atoms with E-state index in [0.717, 1.165) is 0 Å². The molecule has 2 atom stereocenters. The molecule has 0 aliphatic heterocycles. The summed E-state index contributed by atoms with van der Waals surface area (Å²) in [7, 11) is 0. The molecule has 2 unspecified atom stereocenters. The number of carbonyl (C=O) groups excluding carboxylic acids is 1. The van der Waals surface area contributed by atoms with Crippen molar-refractivity contribution in [3.8, 4) is 17.5 Å². The number of nitrogens with two attached hydrogens (primary N) is 2. The number of hydrogen-bond acceptors (Lipinski definition) is 6. The minimum Gasteiger partial charge on any atom is -0.381 e. The summed E-state index contributed by atoms with van der Waals surface area (Å²) in [6.07, 6.45) is 3.24. The molecule has 37 heavy (non-hydrogen) atoms. The zero-order chi connectivity index (χ0) is 26.1. The molecule has 0 bridgehead atoms. The fourth-order valence-corrected chi connectivity index (χ4v) is 4.30. The third-order valence-corrected chi connectivity index (χ3v) is 5.96. The van der Waals surface area contributed by atoms with Gasteiger partial charge in [-0.25, -0.2) is 9.50 Å². The summed E-state index contributed by atoms with van der Waals surface area (Å²) in [5.74, 6) is 5.60. The molecule has 184 valence electrons. The van der Waals surface area contributed by atoms with E-state index in [2.05, 4.69) is 27.2 Å². The van der Waals surface area contributed by atoms with Gasteiger partial charge in [0.05, 0.1) is 17.5 Å². The summed E-state index contributed by atoms with van der Waals surface area (Å²) in [4.78, 5) is 31.5. The third-order valence-electron chi connectivity index (χ3n) is 5.96. The molecule has 5 rings (SSSR count). The summed E-state index contributed by atoms with van der Waals surface area (Å²) in [5.41, 5.74) is 14.0. The average molecular weight is 492 g/mol. The van der Waals surface area contributed by atoms with E-state index < -0.39 is 11.9 Å². The van der Waals surface area contributed by atoms with Crippen LogP contribution < -0.4 is 22.3 Å². The highest BCUT2D eigenvalue weighted by Gasteiger charge is 2.23. The highest BCUT2D eigenvalue weighted by Crippen LogP contribution is 2.24. The van der Waals surface area contributed by atoms with Crippen molar-refractivity contribution in [2.24, 2.45) is 5.73 Å². The predicted molar refractivity (Wildman–Crippen MR) is 143 cm³/mol. The Labute approximate surface area is 212 Å². The Hall–Kier alpha value is -4.94. The predicted octanol–water partition coefficient (Wildman–Crippen LogP) is 2.81. The molecule has 0 saturated heterocycles. The number of aromatic nitrogens is 4. The topological polar surface area (TPSA) is 133 Å². The van der Waals surface area contributed by atoms with Crippen molar-refractivity contribution in [1.29, 1.82) is 0 Å². The molecule has 9 nitrogen and oxygen atoms in total. The smallest absolute Gasteiger partial charge is 0.264 e. The van der Waals surface area contributed by atoms with Crippen LogP contribution >= 0.6 is 0 Å². The van der Waals surface area contributed by atoms with Crippen molar-refractivity contribution in [1.82, 2.24) is 24.5 Å². The molecule has 9 heteroatoms. The Balaban J connectivity index is 1.66. The molecule has 0 aliphatic carbocycles. The number of nitrogen functional groups attached to an aromatic ring is 1. The second-order valence-corrected chi connectivity index (χ2v) is 8.72. The highest BCUT2D eigenvalue weighted by atomic mass is 16.2. The molecule has 3 aromatic heterocycles. The Morgan fingerprint density at radius 1 is 1.08 bits per heavy atom. The molecule has 5 aromatic rings. The highest BCUT2D eigenvalue weighted by molar-refractivity contribution is 6.04. The van der Waals surface area contributed by atoms with Gasteiger partial charge in [-0.3, -0.25) is 14.2 Å². The Kier molecular flexibility index (Phi) is 6.17. The summed E-state index contributed by atoms with van der Waals surface area (Å²) in [6.45, 7) is 3.60. The van der Waals surface area contributed by atoms with Crippen molar-refractivity contribution in [2.75, 3.05) is 5.73 Å². The molecule has 0 saturated carbocycles. The summed E-state index contributed by atoms with van der Waals surface area (Å²) in [5, 5.41) is 8.33. The van der Waals surface area contributed by atoms with Gasteiger partial charge in [0.2, 0.25) is 0 Å². The van der Waals surface area contributed by atoms with Crippen LogP contribution in [-0.2, 0) is 0 Å². The quantitative estimate of drug-likeness (QED) is 0.331. The number of rotatable bonds is 4. The third kappa shape index (κ3) is 4.42. The fraction of sp³-hybridized carbons (Fsp3) is 0.143. The van der Waals surface area contributed by atoms with E-state index in [1.807, 2.05) is 55.5 Å². The van der Waals surface area contributed by atoms with Crippen LogP contribution in [0.1, 0.15) is 41.5 Å². The Morgan fingerprint density at radius 2 is 1.86 bits per heavy atom. The maximum atomic E-state index is 14.0. The lowest BCUT2D eigenvalue weighted by Gasteiger charge is -2.21. The van der Waals surface area contributed by atoms with Crippen LogP contribution in [-0.4, -0.2) is 31.1 Å². The molecule has 3 heterocycles. The normalized spacial score (nSPS) is 12.6. The van der Waals surface area contributed by atoms with Crippen LogP contribution in [0.4, 0.5) is 5.82 Å². The van der Waals surface area contributed by atoms with Crippen molar-refractivity contribution in [3.05, 3.63) is 100 Å². The van der Waals surface area contributed by atoms with Crippen LogP contribution in [0.2, 0.25) is 0 Å². The molecule has 0 aliphatic rings. The van der Waals surface area contributed by atoms with Gasteiger partial charge in [0.25, 0.3) is 11.5 Å². The number of nitrogens with zero attached hydrogens (tertiary/aromatic N) is 4. The van der Waals surface area contributed by atoms with Crippen molar-refractivity contribution in [2.45, 2.75) is 25.9 Å². The molecule has 1 amide bonds. The van der Waals surface area contributed by atoms with Gasteiger partial charge in [-0.2, -0.15) is 0 Å². The number of fused-ring (bicyclic) bond motifs is 2. The van der Waals surface area contributed by atoms with Crippen LogP contribution in [0.3, 0.4) is 0 Å². The van der Waals surface area contributed by atoms with Gasteiger partial charge >= 0.3 is 0 Å². The number of pyridine rings is 1. The summed E-state index contributed by atoms with van der Waals surface area (Å²) in [6, 6.07) is 17.5. The second kappa shape index (κ2) is 9.60. The van der Waals surface area contributed by atoms with Crippen molar-refractivity contribution in [3.63, 3.8) is 0 Å². The molecule has 0 fully saturated rings. The van der Waals surface area contributed by atoms with E-state index in [1.54, 1.807) is 36.0 Å². The maximum absolute atomic E-state index is 14.0. The minimum atomic E-state index is -0.568. The number of carbonyl (C=O) groups is 1. The number of nitrogens with one attached hydrogen (secondary N) is 1. The van der Waals surface area contributed by atoms with Crippen LogP contribution in [0.5, 0.6) is 0 Å². The van der Waals surface area contributed by atoms with E-state index in [-0.39, 0.29) is 23.0 Å². The van der Waals surface area contributed by atoms with Crippen LogP contribution in [0.25, 0.3) is 22.1 Å². The first kappa shape index (κ1) is 23.8. The zero-order valence-corrected chi connectivity index (χ0v) is 20.3. The fourth-order valence-electron chi connectivity index (χ4n) is 4.30. The average Bonchev–Trinajstić information content (AvgIpc) is 3.23. The lowest BCUT2D eigenvalue weighted by atomic mass is 10.0. The SMILES string of the molecule is CC(N)C#Cc1cccc2cc(C(C)NC(=O)c3c(N)nn4cccnc34)n(-c3ccccc3)c(=O)c12. The van der Waals surface area contributed by atoms with Gasteiger partial charge < -0.3 is 16.8 Å². The maximum Gasteiger partial charge on any atom is 0.264 e. The van der Waals surface area contributed by atoms with Gasteiger partial charge in [0, 0.05) is 29.3 Å². The van der Waals surface area contributed by atoms with E-state index in [0.29, 0.717) is 33.4 Å². The molecule has 0 spiro atoms. The van der Waals surface area contributed by atoms with E-state index in [1.165, 1.54) is 4.52 Å². The summed E-state index contributed by atoms with van der Waals surface area (Å²) < 4.78 is 3.05. The van der Waals surface area contributed by atoms with Gasteiger partial charge in [-0.05, 0) is 49.6 Å². The monoisotopic (exact) mass is 491 g/mol. The van der Waals surface area contributed by atoms with Gasteiger partial charge in [0.15, 0.2) is 11.5 Å². The number of amides is 1. The zero-order valence-electron chi connectivity index (χ0n) is 20.3. The van der Waals surface area contributed by atoms with E-state index >= 15 is 0 Å². The number of benzene rings is 2. The first-order valence-corrected chi connectivity index (χ1v) is 11.8. The lowest BCUT2D eigenvalue weighted by molar-refractivity contribution is 0.0941. The summed E-state index contributed by atoms with van der Waals surface area (Å²) >= 11 is 0. The molecule has 2 aromatic carbocycles. The lowest BCUT2D eigenvalue weighted by Crippen LogP contribution is -2.32. The Bertz CT molecular complexity index is 1760. The molecule has 5 N–H and O–H groups in total. The van der Waals surface area contributed by atoms with Crippen LogP contribution in [0.15, 0.2) is 77.9 Å². The standard InChI is InChI=1S/C28H25N7O2/c1-17(29)12-13-19-8-6-9-20-16-22(35(28(37)23(19)20)21-10-4-3-5-11-21)18(2)32-27(36)24-25(30)33-34-15-7-14-31-26(24)34/h3-11,14-18H,29H2,1-2H3,(H2,30,33)(H,32,36). The first-order valence-electron chi connectivity index (χ1n) is 11.8. The first-order chi connectivity index (χ1) is 17.8. The molecular weight excluding hydrogens is 466 g/mol. The van der Waals surface area contributed by atoms with E-state index in [9.17, 15) is 9.59 Å². The molecule has 0 radical (unpaired) electrons. The van der Waals surface area contributed by atoms with Crippen LogP contribution in [0, 0.1) is 11.8 Å². The largest absolute Gasteiger partial charge is 0.381 e. The minimum absolute atomic E-state index is 0.0692. The Morgan fingerprint density at radius 3 is 2.62 bits per heavy atom. The van der Waals surface area contributed by atoms with Crippen molar-refractivity contribution < 1.29 is 4.79 Å². The number of hydrogen-bond donors (Lipinski definition) is 3. The number of para-hydroxylation sites is 1. The van der Waals surface area contributed by atoms with Crippen molar-refractivity contribution >= 4 is 28.1 Å². The van der Waals surface area contributed by atoms with E-state index in [4.69, 9.17) is 11.5 Å². The van der Waals surface area contributed by atoms with Gasteiger partial charge in [-0.15, -0.1) is 5.10 Å².